The molecule has 1 fully saturated rings. The van der Waals surface area contributed by atoms with E-state index in [1.807, 2.05) is 35.0 Å². The number of aromatic nitrogens is 2. The van der Waals surface area contributed by atoms with Gasteiger partial charge in [-0.3, -0.25) is 10.2 Å². The number of nitrogens with zero attached hydrogens (tertiary/aromatic N) is 3. The van der Waals surface area contributed by atoms with Gasteiger partial charge in [0.05, 0.1) is 24.0 Å². The molecule has 1 saturated heterocycles. The first kappa shape index (κ1) is 24.9. The van der Waals surface area contributed by atoms with Gasteiger partial charge in [0.1, 0.15) is 5.82 Å². The highest BCUT2D eigenvalue weighted by Gasteiger charge is 2.35. The molecule has 0 spiro atoms. The van der Waals surface area contributed by atoms with E-state index in [2.05, 4.69) is 73.6 Å². The van der Waals surface area contributed by atoms with Crippen molar-refractivity contribution in [1.82, 2.24) is 20.0 Å². The number of carbonyl (C=O) groups excluding carboxylic acids is 1. The number of hydrogen-bond donors (Lipinski definition) is 2. The van der Waals surface area contributed by atoms with Crippen LogP contribution < -0.4 is 10.6 Å². The van der Waals surface area contributed by atoms with E-state index in [-0.39, 0.29) is 23.4 Å². The number of hydrogen-bond acceptors (Lipinski definition) is 4. The van der Waals surface area contributed by atoms with Crippen molar-refractivity contribution in [2.75, 3.05) is 38.7 Å². The normalized spacial score (nSPS) is 18.5. The van der Waals surface area contributed by atoms with E-state index in [0.717, 1.165) is 36.6 Å². The van der Waals surface area contributed by atoms with Crippen molar-refractivity contribution in [2.24, 2.45) is 0 Å². The highest BCUT2D eigenvalue weighted by Crippen LogP contribution is 2.29. The van der Waals surface area contributed by atoms with Crippen LogP contribution in [0.4, 0.5) is 10.6 Å². The molecule has 1 aliphatic heterocycles. The minimum atomic E-state index is -0.222. The highest BCUT2D eigenvalue weighted by molar-refractivity contribution is 5.89. The van der Waals surface area contributed by atoms with Crippen molar-refractivity contribution in [3.8, 4) is 5.69 Å². The summed E-state index contributed by atoms with van der Waals surface area (Å²) in [5.41, 5.74) is 4.05. The Bertz CT molecular complexity index is 1140. The van der Waals surface area contributed by atoms with Gasteiger partial charge >= 0.3 is 6.03 Å². The van der Waals surface area contributed by atoms with Crippen molar-refractivity contribution in [2.45, 2.75) is 45.1 Å². The first-order chi connectivity index (χ1) is 16.8. The van der Waals surface area contributed by atoms with E-state index in [9.17, 15) is 4.79 Å². The molecule has 2 unspecified atom stereocenters. The van der Waals surface area contributed by atoms with Gasteiger partial charge < -0.3 is 10.1 Å². The fraction of sp³-hybridized carbons (Fsp3) is 0.429. The Kier molecular flexibility index (Phi) is 7.57. The average molecular weight is 476 g/mol. The molecule has 35 heavy (non-hydrogen) atoms. The summed E-state index contributed by atoms with van der Waals surface area (Å²) in [4.78, 5) is 15.6. The maximum absolute atomic E-state index is 13.3. The summed E-state index contributed by atoms with van der Waals surface area (Å²) in [6.07, 6.45) is 0. The number of benzene rings is 2. The molecule has 2 aromatic carbocycles. The molecule has 0 saturated carbocycles. The topological polar surface area (TPSA) is 71.4 Å². The quantitative estimate of drug-likeness (QED) is 0.519. The molecule has 2 N–H and O–H groups in total. The van der Waals surface area contributed by atoms with Gasteiger partial charge in [-0.1, -0.05) is 69.3 Å². The molecule has 1 aliphatic rings. The third-order valence-electron chi connectivity index (χ3n) is 6.61. The van der Waals surface area contributed by atoms with E-state index in [4.69, 9.17) is 9.84 Å². The van der Waals surface area contributed by atoms with Gasteiger partial charge in [0, 0.05) is 44.1 Å². The summed E-state index contributed by atoms with van der Waals surface area (Å²) >= 11 is 0. The minimum absolute atomic E-state index is 0.00817. The van der Waals surface area contributed by atoms with E-state index in [1.54, 1.807) is 7.11 Å². The van der Waals surface area contributed by atoms with Gasteiger partial charge in [-0.2, -0.15) is 5.10 Å². The number of likely N-dealkylation sites (tertiary alicyclic amines) is 1. The summed E-state index contributed by atoms with van der Waals surface area (Å²) in [6, 6.07) is 20.2. The van der Waals surface area contributed by atoms with Crippen LogP contribution in [0.1, 0.15) is 43.5 Å². The Morgan fingerprint density at radius 3 is 2.49 bits per heavy atom. The SMILES string of the molecule is COCCN1CC(NC(=O)Nc2cc(C(C)(C)C)nn2-c2ccccc2C)C(c2ccccc2)C1. The lowest BCUT2D eigenvalue weighted by Crippen LogP contribution is -2.42. The summed E-state index contributed by atoms with van der Waals surface area (Å²) in [5.74, 6) is 0.873. The molecule has 0 aliphatic carbocycles. The molecule has 2 heterocycles. The van der Waals surface area contributed by atoms with Gasteiger partial charge in [-0.05, 0) is 24.1 Å². The van der Waals surface area contributed by atoms with Gasteiger partial charge in [0.2, 0.25) is 0 Å². The van der Waals surface area contributed by atoms with Crippen molar-refractivity contribution < 1.29 is 9.53 Å². The number of urea groups is 1. The number of rotatable bonds is 7. The Morgan fingerprint density at radius 2 is 1.80 bits per heavy atom. The number of methoxy groups -OCH3 is 1. The number of anilines is 1. The van der Waals surface area contributed by atoms with Crippen LogP contribution in [0.5, 0.6) is 0 Å². The molecular weight excluding hydrogens is 438 g/mol. The summed E-state index contributed by atoms with van der Waals surface area (Å²) < 4.78 is 7.12. The second-order valence-electron chi connectivity index (χ2n) is 10.3. The fourth-order valence-electron chi connectivity index (χ4n) is 4.61. The Labute approximate surface area is 208 Å². The van der Waals surface area contributed by atoms with Gasteiger partial charge in [0.25, 0.3) is 0 Å². The maximum Gasteiger partial charge on any atom is 0.320 e. The van der Waals surface area contributed by atoms with Crippen LogP contribution >= 0.6 is 0 Å². The average Bonchev–Trinajstić information content (AvgIpc) is 3.43. The summed E-state index contributed by atoms with van der Waals surface area (Å²) in [6.45, 7) is 11.6. The van der Waals surface area contributed by atoms with E-state index in [0.29, 0.717) is 12.4 Å². The zero-order valence-electron chi connectivity index (χ0n) is 21.4. The number of aryl methyl sites for hydroxylation is 1. The van der Waals surface area contributed by atoms with Crippen LogP contribution in [0, 0.1) is 6.92 Å². The smallest absolute Gasteiger partial charge is 0.320 e. The first-order valence-electron chi connectivity index (χ1n) is 12.3. The monoisotopic (exact) mass is 475 g/mol. The lowest BCUT2D eigenvalue weighted by Gasteiger charge is -2.21. The zero-order valence-corrected chi connectivity index (χ0v) is 21.4. The number of nitrogens with one attached hydrogen (secondary N) is 2. The van der Waals surface area contributed by atoms with Crippen molar-refractivity contribution >= 4 is 11.8 Å². The maximum atomic E-state index is 13.3. The fourth-order valence-corrected chi connectivity index (χ4v) is 4.61. The summed E-state index contributed by atoms with van der Waals surface area (Å²) in [7, 11) is 1.72. The molecule has 7 nitrogen and oxygen atoms in total. The molecule has 3 aromatic rings. The summed E-state index contributed by atoms with van der Waals surface area (Å²) in [5, 5.41) is 11.2. The van der Waals surface area contributed by atoms with Crippen molar-refractivity contribution in [3.63, 3.8) is 0 Å². The second-order valence-corrected chi connectivity index (χ2v) is 10.3. The molecule has 4 rings (SSSR count). The Hall–Kier alpha value is -3.16. The predicted molar refractivity (Wildman–Crippen MR) is 140 cm³/mol. The van der Waals surface area contributed by atoms with Gasteiger partial charge in [-0.25, -0.2) is 9.48 Å². The molecule has 0 bridgehead atoms. The molecule has 7 heteroatoms. The standard InChI is InChI=1S/C28H37N5O2/c1-20-11-9-10-14-24(20)33-26(17-25(31-33)28(2,3)4)30-27(34)29-23-19-32(15-16-35-5)18-22(23)21-12-7-6-8-13-21/h6-14,17,22-23H,15-16,18-19H2,1-5H3,(H2,29,30,34). The third kappa shape index (κ3) is 5.92. The van der Waals surface area contributed by atoms with Crippen molar-refractivity contribution in [1.29, 1.82) is 0 Å². The first-order valence-corrected chi connectivity index (χ1v) is 12.3. The van der Waals surface area contributed by atoms with Crippen LogP contribution in [0.25, 0.3) is 5.69 Å². The van der Waals surface area contributed by atoms with E-state index >= 15 is 0 Å². The Morgan fingerprint density at radius 1 is 1.09 bits per heavy atom. The third-order valence-corrected chi connectivity index (χ3v) is 6.61. The van der Waals surface area contributed by atoms with Crippen LogP contribution in [-0.2, 0) is 10.2 Å². The lowest BCUT2D eigenvalue weighted by molar-refractivity contribution is 0.159. The van der Waals surface area contributed by atoms with Gasteiger partial charge in [0.15, 0.2) is 0 Å². The largest absolute Gasteiger partial charge is 0.383 e. The van der Waals surface area contributed by atoms with Crippen molar-refractivity contribution in [3.05, 3.63) is 77.5 Å². The highest BCUT2D eigenvalue weighted by atomic mass is 16.5. The predicted octanol–water partition coefficient (Wildman–Crippen LogP) is 4.71. The Balaban J connectivity index is 1.56. The molecule has 1 aromatic heterocycles. The second kappa shape index (κ2) is 10.6. The molecule has 186 valence electrons. The van der Waals surface area contributed by atoms with Crippen LogP contribution in [-0.4, -0.2) is 60.1 Å². The molecule has 2 atom stereocenters. The number of para-hydroxylation sites is 1. The number of carbonyl (C=O) groups is 1. The number of ether oxygens (including phenoxy) is 1. The van der Waals surface area contributed by atoms with Gasteiger partial charge in [-0.15, -0.1) is 0 Å². The number of amides is 2. The van der Waals surface area contributed by atoms with Crippen LogP contribution in [0.15, 0.2) is 60.7 Å². The minimum Gasteiger partial charge on any atom is -0.383 e. The molecule has 0 radical (unpaired) electrons. The zero-order chi connectivity index (χ0) is 25.0. The molecule has 2 amide bonds. The van der Waals surface area contributed by atoms with Crippen LogP contribution in [0.2, 0.25) is 0 Å². The lowest BCUT2D eigenvalue weighted by atomic mass is 9.92. The van der Waals surface area contributed by atoms with E-state index < -0.39 is 0 Å². The molecular formula is C28H37N5O2. The van der Waals surface area contributed by atoms with Crippen LogP contribution in [0.3, 0.4) is 0 Å². The van der Waals surface area contributed by atoms with E-state index in [1.165, 1.54) is 5.56 Å².